The van der Waals surface area contributed by atoms with Crippen molar-refractivity contribution in [3.8, 4) is 22.9 Å². The van der Waals surface area contributed by atoms with Crippen LogP contribution in [-0.2, 0) is 18.0 Å². The first kappa shape index (κ1) is 21.8. The number of carbonyl (C=O) groups is 1. The lowest BCUT2D eigenvalue weighted by atomic mass is 10.2. The van der Waals surface area contributed by atoms with Crippen molar-refractivity contribution in [3.63, 3.8) is 0 Å². The molecule has 0 unspecified atom stereocenters. The molecule has 2 heterocycles. The van der Waals surface area contributed by atoms with Crippen LogP contribution < -0.4 is 9.47 Å². The molecule has 0 aliphatic carbocycles. The van der Waals surface area contributed by atoms with Crippen molar-refractivity contribution < 1.29 is 23.5 Å². The molecule has 0 aliphatic heterocycles. The Hall–Kier alpha value is -3.43. The van der Waals surface area contributed by atoms with Gasteiger partial charge in [-0.3, -0.25) is 0 Å². The van der Waals surface area contributed by atoms with E-state index in [0.29, 0.717) is 32.2 Å². The highest BCUT2D eigenvalue weighted by Crippen LogP contribution is 2.23. The molecule has 0 fully saturated rings. The lowest BCUT2D eigenvalue weighted by Crippen LogP contribution is -2.05. The molecule has 0 aliphatic rings. The van der Waals surface area contributed by atoms with Crippen LogP contribution in [0.2, 0.25) is 5.02 Å². The summed E-state index contributed by atoms with van der Waals surface area (Å²) in [6.45, 7) is 1.83. The Morgan fingerprint density at radius 3 is 2.47 bits per heavy atom. The van der Waals surface area contributed by atoms with Gasteiger partial charge in [0.2, 0.25) is 5.82 Å². The Balaban J connectivity index is 1.34. The summed E-state index contributed by atoms with van der Waals surface area (Å²) in [6, 6.07) is 14.2. The van der Waals surface area contributed by atoms with Gasteiger partial charge in [-0.2, -0.15) is 4.98 Å². The first-order valence-corrected chi connectivity index (χ1v) is 10.7. The molecule has 0 radical (unpaired) electrons. The summed E-state index contributed by atoms with van der Waals surface area (Å²) < 4.78 is 21.3. The molecule has 4 aromatic rings. The molecule has 2 aromatic heterocycles. The SMILES string of the molecule is COc1ccc(-c2noc(COC(=O)c3sc(COc4ccc(Cl)cc4)nc3C)n2)cc1. The van der Waals surface area contributed by atoms with Gasteiger partial charge in [0.05, 0.1) is 12.8 Å². The predicted molar refractivity (Wildman–Crippen MR) is 118 cm³/mol. The van der Waals surface area contributed by atoms with E-state index in [2.05, 4.69) is 15.1 Å². The third kappa shape index (κ3) is 5.24. The Labute approximate surface area is 192 Å². The van der Waals surface area contributed by atoms with Crippen molar-refractivity contribution in [1.82, 2.24) is 15.1 Å². The number of aryl methyl sites for hydroxylation is 1. The number of ether oxygens (including phenoxy) is 3. The molecular weight excluding hydrogens is 454 g/mol. The van der Waals surface area contributed by atoms with Gasteiger partial charge in [-0.25, -0.2) is 9.78 Å². The number of nitrogens with zero attached hydrogens (tertiary/aromatic N) is 3. The molecule has 0 saturated heterocycles. The van der Waals surface area contributed by atoms with E-state index in [0.717, 1.165) is 11.3 Å². The van der Waals surface area contributed by atoms with Gasteiger partial charge in [0.1, 0.15) is 28.0 Å². The van der Waals surface area contributed by atoms with E-state index in [1.165, 1.54) is 11.3 Å². The lowest BCUT2D eigenvalue weighted by Gasteiger charge is -2.03. The van der Waals surface area contributed by atoms with Gasteiger partial charge < -0.3 is 18.7 Å². The van der Waals surface area contributed by atoms with Crippen LogP contribution in [-0.4, -0.2) is 28.2 Å². The zero-order chi connectivity index (χ0) is 22.5. The highest BCUT2D eigenvalue weighted by atomic mass is 35.5. The third-order valence-corrected chi connectivity index (χ3v) is 5.71. The summed E-state index contributed by atoms with van der Waals surface area (Å²) >= 11 is 7.08. The van der Waals surface area contributed by atoms with Crippen LogP contribution >= 0.6 is 22.9 Å². The van der Waals surface area contributed by atoms with Crippen molar-refractivity contribution in [2.24, 2.45) is 0 Å². The fourth-order valence-corrected chi connectivity index (χ4v) is 3.74. The summed E-state index contributed by atoms with van der Waals surface area (Å²) in [7, 11) is 1.59. The van der Waals surface area contributed by atoms with Crippen LogP contribution in [0.1, 0.15) is 26.3 Å². The molecule has 0 spiro atoms. The highest BCUT2D eigenvalue weighted by Gasteiger charge is 2.19. The minimum Gasteiger partial charge on any atom is -0.497 e. The quantitative estimate of drug-likeness (QED) is 0.327. The Morgan fingerprint density at radius 1 is 1.03 bits per heavy atom. The van der Waals surface area contributed by atoms with E-state index in [-0.39, 0.29) is 19.1 Å². The molecule has 10 heteroatoms. The van der Waals surface area contributed by atoms with Crippen molar-refractivity contribution in [2.45, 2.75) is 20.1 Å². The number of hydrogen-bond donors (Lipinski definition) is 0. The number of methoxy groups -OCH3 is 1. The smallest absolute Gasteiger partial charge is 0.350 e. The van der Waals surface area contributed by atoms with Gasteiger partial charge in [0.25, 0.3) is 5.89 Å². The zero-order valence-corrected chi connectivity index (χ0v) is 18.8. The van der Waals surface area contributed by atoms with Crippen molar-refractivity contribution >= 4 is 28.9 Å². The lowest BCUT2D eigenvalue weighted by molar-refractivity contribution is 0.0434. The number of rotatable bonds is 8. The van der Waals surface area contributed by atoms with E-state index in [9.17, 15) is 4.79 Å². The minimum atomic E-state index is -0.512. The molecule has 8 nitrogen and oxygen atoms in total. The molecule has 2 aromatic carbocycles. The summed E-state index contributed by atoms with van der Waals surface area (Å²) in [4.78, 5) is 21.5. The normalized spacial score (nSPS) is 10.7. The number of thiazole rings is 1. The second-order valence-corrected chi connectivity index (χ2v) is 8.10. The predicted octanol–water partition coefficient (Wildman–Crippen LogP) is 5.10. The Morgan fingerprint density at radius 2 is 1.75 bits per heavy atom. The zero-order valence-electron chi connectivity index (χ0n) is 17.2. The van der Waals surface area contributed by atoms with Gasteiger partial charge in [0.15, 0.2) is 6.61 Å². The Bertz CT molecular complexity index is 1210. The number of esters is 1. The van der Waals surface area contributed by atoms with Gasteiger partial charge in [-0.1, -0.05) is 16.8 Å². The third-order valence-electron chi connectivity index (χ3n) is 4.35. The molecule has 0 amide bonds. The fourth-order valence-electron chi connectivity index (χ4n) is 2.74. The molecular formula is C22H18ClN3O5S. The van der Waals surface area contributed by atoms with Gasteiger partial charge in [-0.15, -0.1) is 11.3 Å². The van der Waals surface area contributed by atoms with Crippen LogP contribution in [0.15, 0.2) is 53.1 Å². The maximum Gasteiger partial charge on any atom is 0.350 e. The molecule has 0 atom stereocenters. The number of benzene rings is 2. The van der Waals surface area contributed by atoms with E-state index in [1.807, 2.05) is 12.1 Å². The molecule has 0 N–H and O–H groups in total. The first-order chi connectivity index (χ1) is 15.5. The van der Waals surface area contributed by atoms with E-state index in [4.69, 9.17) is 30.3 Å². The molecule has 0 saturated carbocycles. The monoisotopic (exact) mass is 471 g/mol. The first-order valence-electron chi connectivity index (χ1n) is 9.50. The van der Waals surface area contributed by atoms with Gasteiger partial charge >= 0.3 is 5.97 Å². The largest absolute Gasteiger partial charge is 0.497 e. The minimum absolute atomic E-state index is 0.143. The van der Waals surface area contributed by atoms with E-state index >= 15 is 0 Å². The van der Waals surface area contributed by atoms with E-state index < -0.39 is 5.97 Å². The standard InChI is InChI=1S/C22H18ClN3O5S/c1-13-20(32-19(24-13)12-29-17-9-5-15(23)6-10-17)22(27)30-11-18-25-21(26-31-18)14-3-7-16(28-2)8-4-14/h3-10H,11-12H2,1-2H3. The number of halogens is 1. The average molecular weight is 472 g/mol. The molecule has 32 heavy (non-hydrogen) atoms. The summed E-state index contributed by atoms with van der Waals surface area (Å²) in [5.41, 5.74) is 1.33. The molecule has 0 bridgehead atoms. The second kappa shape index (κ2) is 9.80. The van der Waals surface area contributed by atoms with Crippen LogP contribution in [0.25, 0.3) is 11.4 Å². The van der Waals surface area contributed by atoms with Crippen molar-refractivity contribution in [3.05, 3.63) is 75.0 Å². The van der Waals surface area contributed by atoms with Crippen LogP contribution in [0.3, 0.4) is 0 Å². The number of aromatic nitrogens is 3. The topological polar surface area (TPSA) is 96.6 Å². The molecule has 164 valence electrons. The average Bonchev–Trinajstić information content (AvgIpc) is 3.44. The Kier molecular flexibility index (Phi) is 6.67. The summed E-state index contributed by atoms with van der Waals surface area (Å²) in [5.74, 6) is 1.47. The molecule has 4 rings (SSSR count). The fraction of sp³-hybridized carbons (Fsp3) is 0.182. The van der Waals surface area contributed by atoms with Crippen LogP contribution in [0, 0.1) is 6.92 Å². The van der Waals surface area contributed by atoms with Crippen LogP contribution in [0.4, 0.5) is 0 Å². The van der Waals surface area contributed by atoms with Crippen molar-refractivity contribution in [2.75, 3.05) is 7.11 Å². The van der Waals surface area contributed by atoms with Gasteiger partial charge in [0, 0.05) is 10.6 Å². The van der Waals surface area contributed by atoms with Gasteiger partial charge in [-0.05, 0) is 55.5 Å². The summed E-state index contributed by atoms with van der Waals surface area (Å²) in [6.07, 6.45) is 0. The maximum absolute atomic E-state index is 12.5. The maximum atomic E-state index is 12.5. The number of carbonyl (C=O) groups excluding carboxylic acids is 1. The summed E-state index contributed by atoms with van der Waals surface area (Å²) in [5, 5.41) is 5.21. The van der Waals surface area contributed by atoms with Crippen molar-refractivity contribution in [1.29, 1.82) is 0 Å². The highest BCUT2D eigenvalue weighted by molar-refractivity contribution is 7.13. The van der Waals surface area contributed by atoms with Crippen LogP contribution in [0.5, 0.6) is 11.5 Å². The number of hydrogen-bond acceptors (Lipinski definition) is 9. The second-order valence-electron chi connectivity index (χ2n) is 6.58. The van der Waals surface area contributed by atoms with E-state index in [1.54, 1.807) is 50.4 Å².